The maximum absolute atomic E-state index is 3.47. The average Bonchev–Trinajstić information content (AvgIpc) is 1.98. The van der Waals surface area contributed by atoms with Crippen LogP contribution < -0.4 is 10.6 Å². The predicted octanol–water partition coefficient (Wildman–Crippen LogP) is 1.60. The molecule has 1 aliphatic rings. The van der Waals surface area contributed by atoms with Crippen molar-refractivity contribution < 1.29 is 0 Å². The molecule has 2 nitrogen and oxygen atoms in total. The average molecular weight is 154 g/mol. The van der Waals surface area contributed by atoms with Crippen LogP contribution in [0.1, 0.15) is 33.6 Å². The van der Waals surface area contributed by atoms with E-state index in [2.05, 4.69) is 37.6 Å². The van der Waals surface area contributed by atoms with Gasteiger partial charge in [-0.05, 0) is 20.3 Å². The van der Waals surface area contributed by atoms with E-state index in [4.69, 9.17) is 0 Å². The third kappa shape index (κ3) is 2.14. The monoisotopic (exact) mass is 154 g/mol. The molecule has 0 aromatic heterocycles. The molecule has 0 aliphatic carbocycles. The minimum absolute atomic E-state index is 0.568. The fraction of sp³-hybridized carbons (Fsp3) is 0.778. The molecule has 0 amide bonds. The number of hydrogen-bond acceptors (Lipinski definition) is 2. The first-order valence-corrected chi connectivity index (χ1v) is 4.43. The van der Waals surface area contributed by atoms with E-state index in [-0.39, 0.29) is 0 Å². The molecular weight excluding hydrogens is 136 g/mol. The zero-order valence-corrected chi connectivity index (χ0v) is 7.65. The van der Waals surface area contributed by atoms with Crippen LogP contribution in [0.25, 0.3) is 0 Å². The van der Waals surface area contributed by atoms with E-state index in [1.807, 2.05) is 0 Å². The Kier molecular flexibility index (Phi) is 2.80. The van der Waals surface area contributed by atoms with Gasteiger partial charge < -0.3 is 10.6 Å². The maximum Gasteiger partial charge on any atom is 0.0457 e. The number of nitrogens with one attached hydrogen (secondary N) is 2. The zero-order chi connectivity index (χ0) is 8.27. The van der Waals surface area contributed by atoms with Crippen LogP contribution in [0.2, 0.25) is 0 Å². The second-order valence-corrected chi connectivity index (χ2v) is 3.32. The van der Waals surface area contributed by atoms with Crippen molar-refractivity contribution >= 4 is 0 Å². The molecule has 11 heavy (non-hydrogen) atoms. The van der Waals surface area contributed by atoms with E-state index in [1.54, 1.807) is 0 Å². The van der Waals surface area contributed by atoms with Gasteiger partial charge in [-0.3, -0.25) is 0 Å². The molecule has 0 radical (unpaired) electrons. The maximum atomic E-state index is 3.47. The van der Waals surface area contributed by atoms with E-state index in [0.717, 1.165) is 0 Å². The summed E-state index contributed by atoms with van der Waals surface area (Å²) in [5.41, 5.74) is 1.25. The lowest BCUT2D eigenvalue weighted by molar-refractivity contribution is 0.395. The van der Waals surface area contributed by atoms with E-state index < -0.39 is 0 Å². The lowest BCUT2D eigenvalue weighted by Gasteiger charge is -2.31. The van der Waals surface area contributed by atoms with Gasteiger partial charge in [-0.25, -0.2) is 0 Å². The molecule has 0 fully saturated rings. The standard InChI is InChI=1S/C9H18N2/c1-4-5-9-8(3)10-6-7(2)11-9/h6,8-11H,4-5H2,1-3H3. The van der Waals surface area contributed by atoms with Gasteiger partial charge in [0.2, 0.25) is 0 Å². The SMILES string of the molecule is CCCC1NC(C)=CNC1C. The zero-order valence-electron chi connectivity index (χ0n) is 7.65. The highest BCUT2D eigenvalue weighted by atomic mass is 15.1. The first-order valence-electron chi connectivity index (χ1n) is 4.43. The quantitative estimate of drug-likeness (QED) is 0.631. The molecule has 64 valence electrons. The van der Waals surface area contributed by atoms with Crippen molar-refractivity contribution in [1.82, 2.24) is 10.6 Å². The molecular formula is C9H18N2. The molecule has 2 unspecified atom stereocenters. The fourth-order valence-electron chi connectivity index (χ4n) is 1.46. The third-order valence-corrected chi connectivity index (χ3v) is 2.18. The molecule has 0 aromatic rings. The normalized spacial score (nSPS) is 30.3. The topological polar surface area (TPSA) is 24.1 Å². The fourth-order valence-corrected chi connectivity index (χ4v) is 1.46. The highest BCUT2D eigenvalue weighted by Gasteiger charge is 2.17. The van der Waals surface area contributed by atoms with Crippen LogP contribution >= 0.6 is 0 Å². The summed E-state index contributed by atoms with van der Waals surface area (Å²) in [6.45, 7) is 6.54. The smallest absolute Gasteiger partial charge is 0.0457 e. The molecule has 1 heterocycles. The summed E-state index contributed by atoms with van der Waals surface area (Å²) in [6.07, 6.45) is 4.55. The van der Waals surface area contributed by atoms with Crippen molar-refractivity contribution in [2.75, 3.05) is 0 Å². The van der Waals surface area contributed by atoms with Gasteiger partial charge in [-0.1, -0.05) is 13.3 Å². The Balaban J connectivity index is 2.46. The third-order valence-electron chi connectivity index (χ3n) is 2.18. The summed E-state index contributed by atoms with van der Waals surface area (Å²) in [5.74, 6) is 0. The first kappa shape index (κ1) is 8.44. The van der Waals surface area contributed by atoms with Crippen molar-refractivity contribution in [3.8, 4) is 0 Å². The summed E-state index contributed by atoms with van der Waals surface area (Å²) in [7, 11) is 0. The summed E-state index contributed by atoms with van der Waals surface area (Å²) >= 11 is 0. The lowest BCUT2D eigenvalue weighted by atomic mass is 10.0. The molecule has 2 N–H and O–H groups in total. The summed E-state index contributed by atoms with van der Waals surface area (Å²) < 4.78 is 0. The van der Waals surface area contributed by atoms with Gasteiger partial charge in [-0.2, -0.15) is 0 Å². The van der Waals surface area contributed by atoms with E-state index in [0.29, 0.717) is 12.1 Å². The van der Waals surface area contributed by atoms with E-state index in [9.17, 15) is 0 Å². The van der Waals surface area contributed by atoms with Gasteiger partial charge >= 0.3 is 0 Å². The Morgan fingerprint density at radius 1 is 1.55 bits per heavy atom. The van der Waals surface area contributed by atoms with Crippen LogP contribution in [0, 0.1) is 0 Å². The first-order chi connectivity index (χ1) is 5.24. The van der Waals surface area contributed by atoms with E-state index in [1.165, 1.54) is 18.5 Å². The molecule has 0 aromatic carbocycles. The van der Waals surface area contributed by atoms with Crippen molar-refractivity contribution in [2.24, 2.45) is 0 Å². The Morgan fingerprint density at radius 2 is 2.27 bits per heavy atom. The number of hydrogen-bond donors (Lipinski definition) is 2. The lowest BCUT2D eigenvalue weighted by Crippen LogP contribution is -2.47. The Labute approximate surface area is 69.1 Å². The minimum atomic E-state index is 0.568. The second kappa shape index (κ2) is 3.65. The van der Waals surface area contributed by atoms with Gasteiger partial charge in [-0.15, -0.1) is 0 Å². The molecule has 0 spiro atoms. The number of rotatable bonds is 2. The summed E-state index contributed by atoms with van der Waals surface area (Å²) in [5, 5.41) is 6.81. The van der Waals surface area contributed by atoms with E-state index >= 15 is 0 Å². The Bertz CT molecular complexity index is 152. The Hall–Kier alpha value is -0.660. The van der Waals surface area contributed by atoms with Crippen LogP contribution in [-0.4, -0.2) is 12.1 Å². The van der Waals surface area contributed by atoms with Crippen LogP contribution in [0.5, 0.6) is 0 Å². The highest BCUT2D eigenvalue weighted by Crippen LogP contribution is 2.08. The number of allylic oxidation sites excluding steroid dienone is 1. The molecule has 0 bridgehead atoms. The molecule has 2 atom stereocenters. The van der Waals surface area contributed by atoms with Crippen molar-refractivity contribution in [1.29, 1.82) is 0 Å². The highest BCUT2D eigenvalue weighted by molar-refractivity contribution is 5.04. The largest absolute Gasteiger partial charge is 0.385 e. The molecule has 1 rings (SSSR count). The van der Waals surface area contributed by atoms with Gasteiger partial charge in [0, 0.05) is 24.0 Å². The van der Waals surface area contributed by atoms with Crippen LogP contribution in [-0.2, 0) is 0 Å². The minimum Gasteiger partial charge on any atom is -0.385 e. The van der Waals surface area contributed by atoms with Crippen molar-refractivity contribution in [3.05, 3.63) is 11.9 Å². The van der Waals surface area contributed by atoms with Gasteiger partial charge in [0.15, 0.2) is 0 Å². The van der Waals surface area contributed by atoms with Crippen LogP contribution in [0.4, 0.5) is 0 Å². The second-order valence-electron chi connectivity index (χ2n) is 3.32. The van der Waals surface area contributed by atoms with Crippen LogP contribution in [0.15, 0.2) is 11.9 Å². The van der Waals surface area contributed by atoms with Gasteiger partial charge in [0.1, 0.15) is 0 Å². The van der Waals surface area contributed by atoms with Gasteiger partial charge in [0.25, 0.3) is 0 Å². The van der Waals surface area contributed by atoms with Crippen LogP contribution in [0.3, 0.4) is 0 Å². The molecule has 2 heteroatoms. The Morgan fingerprint density at radius 3 is 2.91 bits per heavy atom. The molecule has 0 saturated carbocycles. The summed E-state index contributed by atoms with van der Waals surface area (Å²) in [6, 6.07) is 1.18. The molecule has 1 aliphatic heterocycles. The summed E-state index contributed by atoms with van der Waals surface area (Å²) in [4.78, 5) is 0. The van der Waals surface area contributed by atoms with Gasteiger partial charge in [0.05, 0.1) is 0 Å². The molecule has 0 saturated heterocycles. The predicted molar refractivity (Wildman–Crippen MR) is 48.2 cm³/mol. The van der Waals surface area contributed by atoms with Crippen molar-refractivity contribution in [3.63, 3.8) is 0 Å². The van der Waals surface area contributed by atoms with Crippen molar-refractivity contribution in [2.45, 2.75) is 45.7 Å².